The molecule has 0 aromatic rings. The van der Waals surface area contributed by atoms with E-state index in [2.05, 4.69) is 10.6 Å². The Morgan fingerprint density at radius 3 is 2.24 bits per heavy atom. The van der Waals surface area contributed by atoms with Crippen molar-refractivity contribution < 1.29 is 19.4 Å². The number of carbonyl (C=O) groups excluding carboxylic acids is 1. The summed E-state index contributed by atoms with van der Waals surface area (Å²) < 4.78 is 5.25. The fourth-order valence-corrected chi connectivity index (χ4v) is 1.11. The average molecular weight is 246 g/mol. The Kier molecular flexibility index (Phi) is 7.29. The van der Waals surface area contributed by atoms with Gasteiger partial charge in [-0.05, 0) is 19.8 Å². The lowest BCUT2D eigenvalue weighted by molar-refractivity contribution is -0.138. The van der Waals surface area contributed by atoms with Gasteiger partial charge in [-0.2, -0.15) is 0 Å². The SMILES string of the molecule is CCOCC(NC(=O)N[C@@H](C)C(=O)O)C(C)C. The number of amides is 2. The van der Waals surface area contributed by atoms with Crippen LogP contribution in [0.4, 0.5) is 4.79 Å². The van der Waals surface area contributed by atoms with Crippen LogP contribution in [0.2, 0.25) is 0 Å². The molecule has 0 aromatic carbocycles. The molecule has 0 rings (SSSR count). The Labute approximate surface area is 102 Å². The quantitative estimate of drug-likeness (QED) is 0.620. The van der Waals surface area contributed by atoms with Gasteiger partial charge in [-0.1, -0.05) is 13.8 Å². The first-order chi connectivity index (χ1) is 7.88. The molecule has 17 heavy (non-hydrogen) atoms. The Bertz CT molecular complexity index is 256. The molecule has 0 fully saturated rings. The maximum atomic E-state index is 11.5. The van der Waals surface area contributed by atoms with Crippen molar-refractivity contribution >= 4 is 12.0 Å². The average Bonchev–Trinajstić information content (AvgIpc) is 2.23. The number of carbonyl (C=O) groups is 2. The molecule has 0 saturated carbocycles. The zero-order valence-electron chi connectivity index (χ0n) is 10.8. The summed E-state index contributed by atoms with van der Waals surface area (Å²) in [6.45, 7) is 8.22. The molecule has 0 radical (unpaired) electrons. The van der Waals surface area contributed by atoms with Gasteiger partial charge in [-0.3, -0.25) is 4.79 Å². The highest BCUT2D eigenvalue weighted by molar-refractivity contribution is 5.82. The minimum absolute atomic E-state index is 0.129. The Morgan fingerprint density at radius 2 is 1.82 bits per heavy atom. The van der Waals surface area contributed by atoms with Gasteiger partial charge in [0.05, 0.1) is 12.6 Å². The van der Waals surface area contributed by atoms with E-state index in [0.29, 0.717) is 13.2 Å². The number of carboxylic acid groups (broad SMARTS) is 1. The molecule has 0 aliphatic rings. The number of urea groups is 1. The second-order valence-corrected chi connectivity index (χ2v) is 4.19. The predicted molar refractivity (Wildman–Crippen MR) is 63.9 cm³/mol. The van der Waals surface area contributed by atoms with Gasteiger partial charge in [-0.15, -0.1) is 0 Å². The number of hydrogen-bond donors (Lipinski definition) is 3. The van der Waals surface area contributed by atoms with Crippen LogP contribution in [0, 0.1) is 5.92 Å². The molecule has 0 aliphatic heterocycles. The molecule has 6 nitrogen and oxygen atoms in total. The smallest absolute Gasteiger partial charge is 0.325 e. The lowest BCUT2D eigenvalue weighted by atomic mass is 10.1. The summed E-state index contributed by atoms with van der Waals surface area (Å²) in [5.74, 6) is -0.849. The van der Waals surface area contributed by atoms with E-state index < -0.39 is 18.0 Å². The van der Waals surface area contributed by atoms with Crippen molar-refractivity contribution in [3.8, 4) is 0 Å². The third-order valence-electron chi connectivity index (χ3n) is 2.34. The first-order valence-electron chi connectivity index (χ1n) is 5.76. The Balaban J connectivity index is 4.16. The van der Waals surface area contributed by atoms with Crippen molar-refractivity contribution in [2.24, 2.45) is 5.92 Å². The number of ether oxygens (including phenoxy) is 1. The first kappa shape index (κ1) is 15.7. The highest BCUT2D eigenvalue weighted by atomic mass is 16.5. The topological polar surface area (TPSA) is 87.7 Å². The van der Waals surface area contributed by atoms with Crippen LogP contribution in [-0.4, -0.2) is 42.4 Å². The molecular weight excluding hydrogens is 224 g/mol. The summed E-state index contributed by atoms with van der Waals surface area (Å²) in [7, 11) is 0. The second-order valence-electron chi connectivity index (χ2n) is 4.19. The molecular formula is C11H22N2O4. The van der Waals surface area contributed by atoms with Crippen molar-refractivity contribution in [2.75, 3.05) is 13.2 Å². The van der Waals surface area contributed by atoms with Gasteiger partial charge in [0, 0.05) is 6.61 Å². The molecule has 0 aromatic heterocycles. The van der Waals surface area contributed by atoms with E-state index >= 15 is 0 Å². The lowest BCUT2D eigenvalue weighted by Crippen LogP contribution is -2.50. The van der Waals surface area contributed by atoms with Crippen molar-refractivity contribution in [1.29, 1.82) is 0 Å². The molecule has 6 heteroatoms. The maximum Gasteiger partial charge on any atom is 0.325 e. The van der Waals surface area contributed by atoms with Gasteiger partial charge in [0.25, 0.3) is 0 Å². The van der Waals surface area contributed by atoms with Crippen LogP contribution in [0.3, 0.4) is 0 Å². The largest absolute Gasteiger partial charge is 0.480 e. The van der Waals surface area contributed by atoms with E-state index in [1.165, 1.54) is 6.92 Å². The Morgan fingerprint density at radius 1 is 1.24 bits per heavy atom. The standard InChI is InChI=1S/C11H22N2O4/c1-5-17-6-9(7(2)3)13-11(16)12-8(4)10(14)15/h7-9H,5-6H2,1-4H3,(H,14,15)(H2,12,13,16)/t8-,9?/m0/s1. The number of aliphatic carboxylic acids is 1. The van der Waals surface area contributed by atoms with E-state index in [4.69, 9.17) is 9.84 Å². The monoisotopic (exact) mass is 246 g/mol. The summed E-state index contributed by atoms with van der Waals surface area (Å²) in [6, 6.07) is -1.52. The molecule has 0 aliphatic carbocycles. The minimum atomic E-state index is -1.06. The van der Waals surface area contributed by atoms with Crippen LogP contribution in [-0.2, 0) is 9.53 Å². The number of nitrogens with one attached hydrogen (secondary N) is 2. The molecule has 2 amide bonds. The van der Waals surface area contributed by atoms with Crippen LogP contribution < -0.4 is 10.6 Å². The molecule has 0 spiro atoms. The molecule has 0 heterocycles. The summed E-state index contributed by atoms with van der Waals surface area (Å²) >= 11 is 0. The zero-order valence-corrected chi connectivity index (χ0v) is 10.8. The molecule has 2 atom stereocenters. The molecule has 3 N–H and O–H groups in total. The van der Waals surface area contributed by atoms with Crippen LogP contribution >= 0.6 is 0 Å². The first-order valence-corrected chi connectivity index (χ1v) is 5.76. The number of carboxylic acids is 1. The third kappa shape index (κ3) is 6.78. The summed E-state index contributed by atoms with van der Waals surface area (Å²) in [5.41, 5.74) is 0. The van der Waals surface area contributed by atoms with E-state index in [1.807, 2.05) is 20.8 Å². The third-order valence-corrected chi connectivity index (χ3v) is 2.34. The Hall–Kier alpha value is -1.30. The predicted octanol–water partition coefficient (Wildman–Crippen LogP) is 0.820. The normalized spacial score (nSPS) is 14.2. The second kappa shape index (κ2) is 7.89. The molecule has 0 bridgehead atoms. The number of hydrogen-bond acceptors (Lipinski definition) is 3. The molecule has 100 valence electrons. The van der Waals surface area contributed by atoms with E-state index in [9.17, 15) is 9.59 Å². The van der Waals surface area contributed by atoms with E-state index in [1.54, 1.807) is 0 Å². The van der Waals surface area contributed by atoms with Crippen LogP contribution in [0.25, 0.3) is 0 Å². The zero-order chi connectivity index (χ0) is 13.4. The van der Waals surface area contributed by atoms with Gasteiger partial charge >= 0.3 is 12.0 Å². The van der Waals surface area contributed by atoms with Crippen molar-refractivity contribution in [1.82, 2.24) is 10.6 Å². The highest BCUT2D eigenvalue weighted by Gasteiger charge is 2.19. The fraction of sp³-hybridized carbons (Fsp3) is 0.818. The highest BCUT2D eigenvalue weighted by Crippen LogP contribution is 2.02. The minimum Gasteiger partial charge on any atom is -0.480 e. The molecule has 1 unspecified atom stereocenters. The van der Waals surface area contributed by atoms with E-state index in [-0.39, 0.29) is 12.0 Å². The van der Waals surface area contributed by atoms with Crippen LogP contribution in [0.1, 0.15) is 27.7 Å². The van der Waals surface area contributed by atoms with Gasteiger partial charge in [0.1, 0.15) is 6.04 Å². The summed E-state index contributed by atoms with van der Waals surface area (Å²) in [6.07, 6.45) is 0. The summed E-state index contributed by atoms with van der Waals surface area (Å²) in [4.78, 5) is 22.1. The summed E-state index contributed by atoms with van der Waals surface area (Å²) in [5, 5.41) is 13.7. The van der Waals surface area contributed by atoms with Gasteiger partial charge < -0.3 is 20.5 Å². The van der Waals surface area contributed by atoms with Gasteiger partial charge in [0.15, 0.2) is 0 Å². The van der Waals surface area contributed by atoms with E-state index in [0.717, 1.165) is 0 Å². The van der Waals surface area contributed by atoms with Crippen molar-refractivity contribution in [3.63, 3.8) is 0 Å². The van der Waals surface area contributed by atoms with Gasteiger partial charge in [0.2, 0.25) is 0 Å². The number of rotatable bonds is 7. The maximum absolute atomic E-state index is 11.5. The molecule has 0 saturated heterocycles. The van der Waals surface area contributed by atoms with Gasteiger partial charge in [-0.25, -0.2) is 4.79 Å². The fourth-order valence-electron chi connectivity index (χ4n) is 1.11. The van der Waals surface area contributed by atoms with Crippen molar-refractivity contribution in [2.45, 2.75) is 39.8 Å². The van der Waals surface area contributed by atoms with Crippen molar-refractivity contribution in [3.05, 3.63) is 0 Å². The van der Waals surface area contributed by atoms with Crippen LogP contribution in [0.5, 0.6) is 0 Å². The van der Waals surface area contributed by atoms with Crippen LogP contribution in [0.15, 0.2) is 0 Å². The lowest BCUT2D eigenvalue weighted by Gasteiger charge is -2.23.